The average molecular weight is 345 g/mol. The Kier molecular flexibility index (Phi) is 5.33. The number of rotatable bonds is 5. The van der Waals surface area contributed by atoms with E-state index in [1.54, 1.807) is 36.3 Å². The number of carbonyl (C=O) groups excluding carboxylic acids is 3. The second-order valence-corrected chi connectivity index (χ2v) is 6.33. The normalized spacial score (nSPS) is 20.6. The fourth-order valence-electron chi connectivity index (χ4n) is 3.30. The number of methoxy groups -OCH3 is 1. The minimum Gasteiger partial charge on any atom is -0.497 e. The van der Waals surface area contributed by atoms with Crippen LogP contribution in [0.5, 0.6) is 5.75 Å². The number of benzene rings is 1. The molecule has 3 rings (SSSR count). The SMILES string of the molecule is COc1ccc(C(=O)CCC(=O)N2CCN3CCNC(=O)[C@H]3C2)cc1. The molecule has 25 heavy (non-hydrogen) atoms. The third kappa shape index (κ3) is 3.99. The van der Waals surface area contributed by atoms with Gasteiger partial charge in [0.25, 0.3) is 0 Å². The molecule has 1 N–H and O–H groups in total. The van der Waals surface area contributed by atoms with Crippen molar-refractivity contribution < 1.29 is 19.1 Å². The summed E-state index contributed by atoms with van der Waals surface area (Å²) in [4.78, 5) is 40.4. The van der Waals surface area contributed by atoms with E-state index in [0.717, 1.165) is 6.54 Å². The van der Waals surface area contributed by atoms with Crippen molar-refractivity contribution in [1.29, 1.82) is 0 Å². The summed E-state index contributed by atoms with van der Waals surface area (Å²) in [6, 6.07) is 6.61. The number of ketones is 1. The molecule has 1 atom stereocenters. The summed E-state index contributed by atoms with van der Waals surface area (Å²) in [5.74, 6) is 0.541. The van der Waals surface area contributed by atoms with Crippen molar-refractivity contribution in [2.24, 2.45) is 0 Å². The van der Waals surface area contributed by atoms with Gasteiger partial charge in [0.2, 0.25) is 11.8 Å². The summed E-state index contributed by atoms with van der Waals surface area (Å²) in [6.07, 6.45) is 0.335. The van der Waals surface area contributed by atoms with Crippen LogP contribution < -0.4 is 10.1 Å². The summed E-state index contributed by atoms with van der Waals surface area (Å²) in [6.45, 7) is 3.21. The second kappa shape index (κ2) is 7.65. The molecule has 0 unspecified atom stereocenters. The van der Waals surface area contributed by atoms with Crippen LogP contribution in [0.25, 0.3) is 0 Å². The lowest BCUT2D eigenvalue weighted by Gasteiger charge is -2.43. The molecule has 2 amide bonds. The van der Waals surface area contributed by atoms with Gasteiger partial charge in [-0.05, 0) is 24.3 Å². The fourth-order valence-corrected chi connectivity index (χ4v) is 3.30. The quantitative estimate of drug-likeness (QED) is 0.777. The zero-order valence-corrected chi connectivity index (χ0v) is 14.4. The molecule has 7 heteroatoms. The Bertz CT molecular complexity index is 659. The van der Waals surface area contributed by atoms with E-state index in [0.29, 0.717) is 37.5 Å². The van der Waals surface area contributed by atoms with E-state index in [1.165, 1.54) is 0 Å². The molecule has 0 spiro atoms. The van der Waals surface area contributed by atoms with E-state index in [4.69, 9.17) is 4.74 Å². The highest BCUT2D eigenvalue weighted by Crippen LogP contribution is 2.16. The highest BCUT2D eigenvalue weighted by Gasteiger charge is 2.36. The standard InChI is InChI=1S/C18H23N3O4/c1-25-14-4-2-13(3-5-14)16(22)6-7-17(23)21-11-10-20-9-8-19-18(24)15(20)12-21/h2-5,15H,6-12H2,1H3,(H,19,24)/t15-/m1/s1. The topological polar surface area (TPSA) is 79.0 Å². The Labute approximate surface area is 146 Å². The average Bonchev–Trinajstić information content (AvgIpc) is 2.66. The van der Waals surface area contributed by atoms with Crippen molar-refractivity contribution in [2.45, 2.75) is 18.9 Å². The predicted molar refractivity (Wildman–Crippen MR) is 91.5 cm³/mol. The molecule has 0 saturated carbocycles. The number of piperazine rings is 2. The molecule has 7 nitrogen and oxygen atoms in total. The second-order valence-electron chi connectivity index (χ2n) is 6.33. The zero-order valence-electron chi connectivity index (χ0n) is 14.4. The van der Waals surface area contributed by atoms with Crippen LogP contribution in [0.4, 0.5) is 0 Å². The minimum absolute atomic E-state index is 0.0157. The number of amides is 2. The summed E-state index contributed by atoms with van der Waals surface area (Å²) in [7, 11) is 1.57. The van der Waals surface area contributed by atoms with Crippen LogP contribution in [0.1, 0.15) is 23.2 Å². The summed E-state index contributed by atoms with van der Waals surface area (Å²) < 4.78 is 5.07. The maximum absolute atomic E-state index is 12.4. The summed E-state index contributed by atoms with van der Waals surface area (Å²) in [5, 5.41) is 2.84. The number of nitrogens with one attached hydrogen (secondary N) is 1. The molecule has 2 fully saturated rings. The number of nitrogens with zero attached hydrogens (tertiary/aromatic N) is 2. The van der Waals surface area contributed by atoms with Gasteiger partial charge >= 0.3 is 0 Å². The van der Waals surface area contributed by atoms with E-state index in [2.05, 4.69) is 10.2 Å². The van der Waals surface area contributed by atoms with Crippen LogP contribution in [0.3, 0.4) is 0 Å². The lowest BCUT2D eigenvalue weighted by Crippen LogP contribution is -2.64. The van der Waals surface area contributed by atoms with Gasteiger partial charge in [-0.15, -0.1) is 0 Å². The summed E-state index contributed by atoms with van der Waals surface area (Å²) in [5.41, 5.74) is 0.574. The molecule has 2 heterocycles. The first kappa shape index (κ1) is 17.4. The lowest BCUT2D eigenvalue weighted by atomic mass is 10.0. The first-order valence-electron chi connectivity index (χ1n) is 8.55. The van der Waals surface area contributed by atoms with Gasteiger partial charge in [-0.1, -0.05) is 0 Å². The van der Waals surface area contributed by atoms with Crippen molar-refractivity contribution in [2.75, 3.05) is 39.8 Å². The third-order valence-electron chi connectivity index (χ3n) is 4.82. The Morgan fingerprint density at radius 1 is 1.16 bits per heavy atom. The van der Waals surface area contributed by atoms with Crippen LogP contribution >= 0.6 is 0 Å². The number of fused-ring (bicyclic) bond motifs is 1. The molecule has 2 aliphatic heterocycles. The Balaban J connectivity index is 1.51. The van der Waals surface area contributed by atoms with Gasteiger partial charge in [0.05, 0.1) is 7.11 Å². The molecule has 1 aromatic carbocycles. The third-order valence-corrected chi connectivity index (χ3v) is 4.82. The van der Waals surface area contributed by atoms with Gasteiger partial charge in [0, 0.05) is 51.1 Å². The zero-order chi connectivity index (χ0) is 17.8. The maximum Gasteiger partial charge on any atom is 0.239 e. The highest BCUT2D eigenvalue weighted by molar-refractivity contribution is 5.98. The van der Waals surface area contributed by atoms with Gasteiger partial charge in [0.15, 0.2) is 5.78 Å². The number of hydrogen-bond donors (Lipinski definition) is 1. The van der Waals surface area contributed by atoms with Crippen molar-refractivity contribution in [3.05, 3.63) is 29.8 Å². The molecule has 1 aromatic rings. The molecule has 2 saturated heterocycles. The van der Waals surface area contributed by atoms with E-state index < -0.39 is 0 Å². The van der Waals surface area contributed by atoms with Gasteiger partial charge in [-0.2, -0.15) is 0 Å². The molecular weight excluding hydrogens is 322 g/mol. The van der Waals surface area contributed by atoms with E-state index in [-0.39, 0.29) is 36.5 Å². The monoisotopic (exact) mass is 345 g/mol. The smallest absolute Gasteiger partial charge is 0.239 e. The molecular formula is C18H23N3O4. The number of Topliss-reactive ketones (excluding diaryl/α,β-unsaturated/α-hetero) is 1. The first-order valence-corrected chi connectivity index (χ1v) is 8.55. The molecule has 0 aliphatic carbocycles. The summed E-state index contributed by atoms with van der Waals surface area (Å²) >= 11 is 0. The molecule has 0 bridgehead atoms. The molecule has 2 aliphatic rings. The van der Waals surface area contributed by atoms with Crippen LogP contribution in [-0.4, -0.2) is 73.3 Å². The Morgan fingerprint density at radius 3 is 2.64 bits per heavy atom. The fraction of sp³-hybridized carbons (Fsp3) is 0.500. The molecule has 134 valence electrons. The maximum atomic E-state index is 12.4. The van der Waals surface area contributed by atoms with Gasteiger partial charge in [-0.25, -0.2) is 0 Å². The largest absolute Gasteiger partial charge is 0.497 e. The van der Waals surface area contributed by atoms with Crippen LogP contribution in [0.2, 0.25) is 0 Å². The van der Waals surface area contributed by atoms with Gasteiger partial charge in [-0.3, -0.25) is 19.3 Å². The van der Waals surface area contributed by atoms with E-state index in [1.807, 2.05) is 0 Å². The predicted octanol–water partition coefficient (Wildman–Crippen LogP) is 0.301. The van der Waals surface area contributed by atoms with E-state index >= 15 is 0 Å². The number of carbonyl (C=O) groups is 3. The minimum atomic E-state index is -0.260. The molecule has 0 radical (unpaired) electrons. The van der Waals surface area contributed by atoms with E-state index in [9.17, 15) is 14.4 Å². The van der Waals surface area contributed by atoms with Crippen molar-refractivity contribution in [3.63, 3.8) is 0 Å². The highest BCUT2D eigenvalue weighted by atomic mass is 16.5. The van der Waals surface area contributed by atoms with Crippen molar-refractivity contribution >= 4 is 17.6 Å². The van der Waals surface area contributed by atoms with Crippen molar-refractivity contribution in [1.82, 2.24) is 15.1 Å². The van der Waals surface area contributed by atoms with Crippen LogP contribution in [0.15, 0.2) is 24.3 Å². The van der Waals surface area contributed by atoms with Crippen LogP contribution in [-0.2, 0) is 9.59 Å². The van der Waals surface area contributed by atoms with Gasteiger partial charge in [0.1, 0.15) is 11.8 Å². The van der Waals surface area contributed by atoms with Gasteiger partial charge < -0.3 is 15.0 Å². The Morgan fingerprint density at radius 2 is 1.92 bits per heavy atom. The molecule has 0 aromatic heterocycles. The lowest BCUT2D eigenvalue weighted by molar-refractivity contribution is -0.139. The number of hydrogen-bond acceptors (Lipinski definition) is 5. The first-order chi connectivity index (χ1) is 12.1. The number of ether oxygens (including phenoxy) is 1. The van der Waals surface area contributed by atoms with Crippen LogP contribution in [0, 0.1) is 0 Å². The Hall–Kier alpha value is -2.41. The van der Waals surface area contributed by atoms with Crippen molar-refractivity contribution in [3.8, 4) is 5.75 Å².